The molecule has 1 aromatic carbocycles. The van der Waals surface area contributed by atoms with Crippen molar-refractivity contribution in [3.05, 3.63) is 23.8 Å². The van der Waals surface area contributed by atoms with Crippen LogP contribution in [-0.4, -0.2) is 43.4 Å². The van der Waals surface area contributed by atoms with Crippen molar-refractivity contribution in [2.24, 2.45) is 5.41 Å². The second-order valence-corrected chi connectivity index (χ2v) is 9.05. The smallest absolute Gasteiger partial charge is 0.0490 e. The molecule has 2 rings (SSSR count). The van der Waals surface area contributed by atoms with Gasteiger partial charge in [0.15, 0.2) is 0 Å². The van der Waals surface area contributed by atoms with E-state index < -0.39 is 0 Å². The Labute approximate surface area is 153 Å². The zero-order valence-electron chi connectivity index (χ0n) is 16.2. The Morgan fingerprint density at radius 3 is 2.46 bits per heavy atom. The van der Waals surface area contributed by atoms with Crippen molar-refractivity contribution in [2.45, 2.75) is 47.5 Å². The standard InChI is InChI=1S/C20H35N3S/c1-6-24-21-18-9-7-10-19(17(18)2)23-15-13-22(14-16-23)12-8-11-20(3,4)5/h7,9-10,21H,6,8,11-16H2,1-5H3. The first-order valence-corrected chi connectivity index (χ1v) is 10.3. The van der Waals surface area contributed by atoms with Crippen molar-refractivity contribution in [1.82, 2.24) is 4.90 Å². The summed E-state index contributed by atoms with van der Waals surface area (Å²) in [5.74, 6) is 1.08. The molecule has 4 heteroatoms. The number of anilines is 2. The first-order valence-electron chi connectivity index (χ1n) is 9.35. The van der Waals surface area contributed by atoms with Gasteiger partial charge in [0.25, 0.3) is 0 Å². The zero-order chi connectivity index (χ0) is 17.6. The Bertz CT molecular complexity index is 502. The maximum Gasteiger partial charge on any atom is 0.0490 e. The monoisotopic (exact) mass is 349 g/mol. The minimum absolute atomic E-state index is 0.461. The average molecular weight is 350 g/mol. The lowest BCUT2D eigenvalue weighted by Gasteiger charge is -2.37. The van der Waals surface area contributed by atoms with Gasteiger partial charge in [0.2, 0.25) is 0 Å². The third kappa shape index (κ3) is 5.89. The zero-order valence-corrected chi connectivity index (χ0v) is 17.0. The predicted octanol–water partition coefficient (Wildman–Crippen LogP) is 5.02. The molecule has 1 fully saturated rings. The largest absolute Gasteiger partial charge is 0.369 e. The van der Waals surface area contributed by atoms with Gasteiger partial charge in [-0.25, -0.2) is 0 Å². The van der Waals surface area contributed by atoms with Crippen molar-refractivity contribution in [1.29, 1.82) is 0 Å². The van der Waals surface area contributed by atoms with Gasteiger partial charge in [0.05, 0.1) is 0 Å². The second-order valence-electron chi connectivity index (χ2n) is 7.98. The van der Waals surface area contributed by atoms with Crippen LogP contribution in [0.4, 0.5) is 11.4 Å². The van der Waals surface area contributed by atoms with Crippen molar-refractivity contribution in [2.75, 3.05) is 48.1 Å². The molecule has 0 aromatic heterocycles. The number of rotatable bonds is 7. The van der Waals surface area contributed by atoms with E-state index >= 15 is 0 Å². The third-order valence-electron chi connectivity index (χ3n) is 4.75. The van der Waals surface area contributed by atoms with Gasteiger partial charge < -0.3 is 9.62 Å². The second kappa shape index (κ2) is 9.00. The lowest BCUT2D eigenvalue weighted by molar-refractivity contribution is 0.236. The first kappa shape index (κ1) is 19.5. The molecule has 1 saturated heterocycles. The molecule has 0 aliphatic carbocycles. The van der Waals surface area contributed by atoms with Crippen LogP contribution < -0.4 is 9.62 Å². The van der Waals surface area contributed by atoms with E-state index in [-0.39, 0.29) is 0 Å². The fourth-order valence-electron chi connectivity index (χ4n) is 3.27. The molecule has 3 nitrogen and oxygen atoms in total. The Balaban J connectivity index is 1.86. The minimum atomic E-state index is 0.461. The van der Waals surface area contributed by atoms with Gasteiger partial charge >= 0.3 is 0 Å². The van der Waals surface area contributed by atoms with Gasteiger partial charge in [-0.05, 0) is 49.4 Å². The summed E-state index contributed by atoms with van der Waals surface area (Å²) in [6.07, 6.45) is 2.63. The highest BCUT2D eigenvalue weighted by atomic mass is 32.2. The Morgan fingerprint density at radius 2 is 1.83 bits per heavy atom. The van der Waals surface area contributed by atoms with E-state index in [1.807, 2.05) is 0 Å². The van der Waals surface area contributed by atoms with E-state index in [1.54, 1.807) is 11.9 Å². The topological polar surface area (TPSA) is 18.5 Å². The molecule has 0 amide bonds. The molecule has 0 atom stereocenters. The summed E-state index contributed by atoms with van der Waals surface area (Å²) in [6.45, 7) is 17.3. The molecule has 1 aromatic rings. The highest BCUT2D eigenvalue weighted by molar-refractivity contribution is 8.00. The number of benzene rings is 1. The molecule has 0 saturated carbocycles. The van der Waals surface area contributed by atoms with Gasteiger partial charge in [0, 0.05) is 43.3 Å². The van der Waals surface area contributed by atoms with Gasteiger partial charge in [0.1, 0.15) is 0 Å². The van der Waals surface area contributed by atoms with Crippen LogP contribution in [0.3, 0.4) is 0 Å². The van der Waals surface area contributed by atoms with Crippen LogP contribution in [-0.2, 0) is 0 Å². The lowest BCUT2D eigenvalue weighted by atomic mass is 9.90. The fourth-order valence-corrected chi connectivity index (χ4v) is 3.79. The quantitative estimate of drug-likeness (QED) is 0.696. The summed E-state index contributed by atoms with van der Waals surface area (Å²) in [6, 6.07) is 6.63. The van der Waals surface area contributed by atoms with E-state index in [0.29, 0.717) is 5.41 Å². The van der Waals surface area contributed by atoms with E-state index in [0.717, 1.165) is 18.8 Å². The molecule has 1 aliphatic heterocycles. The molecular formula is C20H35N3S. The SMILES string of the molecule is CCSNc1cccc(N2CCN(CCCC(C)(C)C)CC2)c1C. The van der Waals surface area contributed by atoms with Gasteiger partial charge in [-0.1, -0.05) is 45.7 Å². The van der Waals surface area contributed by atoms with Crippen LogP contribution in [0, 0.1) is 12.3 Å². The van der Waals surface area contributed by atoms with Crippen LogP contribution in [0.1, 0.15) is 46.1 Å². The normalized spacial score (nSPS) is 16.5. The summed E-state index contributed by atoms with van der Waals surface area (Å²) in [7, 11) is 0. The molecule has 1 N–H and O–H groups in total. The molecule has 136 valence electrons. The fraction of sp³-hybridized carbons (Fsp3) is 0.700. The van der Waals surface area contributed by atoms with Crippen LogP contribution >= 0.6 is 11.9 Å². The van der Waals surface area contributed by atoms with Gasteiger partial charge in [-0.2, -0.15) is 0 Å². The van der Waals surface area contributed by atoms with E-state index in [1.165, 1.54) is 49.4 Å². The Kier molecular flexibility index (Phi) is 7.30. The molecule has 0 spiro atoms. The summed E-state index contributed by atoms with van der Waals surface area (Å²) < 4.78 is 3.47. The van der Waals surface area contributed by atoms with Crippen molar-refractivity contribution >= 4 is 23.3 Å². The highest BCUT2D eigenvalue weighted by Gasteiger charge is 2.19. The van der Waals surface area contributed by atoms with Crippen LogP contribution in [0.5, 0.6) is 0 Å². The molecule has 0 unspecified atom stereocenters. The molecule has 0 bridgehead atoms. The lowest BCUT2D eigenvalue weighted by Crippen LogP contribution is -2.47. The number of hydrogen-bond donors (Lipinski definition) is 1. The molecule has 1 heterocycles. The number of nitrogens with zero attached hydrogens (tertiary/aromatic N) is 2. The average Bonchev–Trinajstić information content (AvgIpc) is 2.54. The van der Waals surface area contributed by atoms with Gasteiger partial charge in [-0.15, -0.1) is 0 Å². The number of nitrogens with one attached hydrogen (secondary N) is 1. The first-order chi connectivity index (χ1) is 11.4. The number of piperazine rings is 1. The maximum atomic E-state index is 3.47. The van der Waals surface area contributed by atoms with E-state index in [4.69, 9.17) is 0 Å². The molecule has 24 heavy (non-hydrogen) atoms. The van der Waals surface area contributed by atoms with E-state index in [9.17, 15) is 0 Å². The van der Waals surface area contributed by atoms with Crippen LogP contribution in [0.15, 0.2) is 18.2 Å². The van der Waals surface area contributed by atoms with Crippen LogP contribution in [0.2, 0.25) is 0 Å². The number of hydrogen-bond acceptors (Lipinski definition) is 4. The third-order valence-corrected chi connectivity index (χ3v) is 5.40. The summed E-state index contributed by atoms with van der Waals surface area (Å²) >= 11 is 1.77. The van der Waals surface area contributed by atoms with E-state index in [2.05, 4.69) is 67.3 Å². The van der Waals surface area contributed by atoms with Gasteiger partial charge in [-0.3, -0.25) is 4.90 Å². The Hall–Kier alpha value is -0.870. The molecule has 0 radical (unpaired) electrons. The summed E-state index contributed by atoms with van der Waals surface area (Å²) in [5, 5.41) is 0. The Morgan fingerprint density at radius 1 is 1.12 bits per heavy atom. The maximum absolute atomic E-state index is 3.47. The van der Waals surface area contributed by atoms with Crippen molar-refractivity contribution < 1.29 is 0 Å². The van der Waals surface area contributed by atoms with Crippen LogP contribution in [0.25, 0.3) is 0 Å². The highest BCUT2D eigenvalue weighted by Crippen LogP contribution is 2.29. The molecular weight excluding hydrogens is 314 g/mol. The van der Waals surface area contributed by atoms with Crippen molar-refractivity contribution in [3.63, 3.8) is 0 Å². The minimum Gasteiger partial charge on any atom is -0.369 e. The molecule has 1 aliphatic rings. The van der Waals surface area contributed by atoms with Crippen molar-refractivity contribution in [3.8, 4) is 0 Å². The summed E-state index contributed by atoms with van der Waals surface area (Å²) in [4.78, 5) is 5.18. The summed E-state index contributed by atoms with van der Waals surface area (Å²) in [5.41, 5.74) is 4.49. The predicted molar refractivity (Wildman–Crippen MR) is 110 cm³/mol.